The lowest BCUT2D eigenvalue weighted by molar-refractivity contribution is -0.0227. The summed E-state index contributed by atoms with van der Waals surface area (Å²) in [6.45, 7) is 7.53. The van der Waals surface area contributed by atoms with Gasteiger partial charge in [0, 0.05) is 12.2 Å². The van der Waals surface area contributed by atoms with Crippen LogP contribution in [0.25, 0.3) is 11.1 Å². The number of hydrogen-bond acceptors (Lipinski definition) is 5. The van der Waals surface area contributed by atoms with E-state index >= 15 is 0 Å². The molecule has 2 aromatic heterocycles. The van der Waals surface area contributed by atoms with Crippen LogP contribution in [0.1, 0.15) is 53.2 Å². The van der Waals surface area contributed by atoms with Gasteiger partial charge in [0.25, 0.3) is 11.6 Å². The molecule has 27 heavy (non-hydrogen) atoms. The molecule has 1 fully saturated rings. The van der Waals surface area contributed by atoms with Gasteiger partial charge < -0.3 is 14.2 Å². The van der Waals surface area contributed by atoms with Crippen molar-refractivity contribution in [1.82, 2.24) is 15.0 Å². The van der Waals surface area contributed by atoms with Crippen LogP contribution >= 0.6 is 0 Å². The second-order valence-corrected chi connectivity index (χ2v) is 7.22. The van der Waals surface area contributed by atoms with E-state index in [1.807, 2.05) is 62.1 Å². The standard InChI is InChI=1S/C21H23N3O3/c1-13(2)17-11-16(19-14(3)23-27-20(19)22-17)21(25)24-9-10-26-18(12-24)15-7-5-4-6-8-15/h4-8,11,13,18H,9-10,12H2,1-3H3/t18-/m0/s1. The molecule has 1 amide bonds. The fourth-order valence-corrected chi connectivity index (χ4v) is 3.45. The molecule has 1 atom stereocenters. The maximum absolute atomic E-state index is 13.4. The van der Waals surface area contributed by atoms with Crippen LogP contribution in [0, 0.1) is 6.92 Å². The summed E-state index contributed by atoms with van der Waals surface area (Å²) in [6.07, 6.45) is -0.116. The summed E-state index contributed by atoms with van der Waals surface area (Å²) in [5.74, 6) is 0.160. The number of pyridine rings is 1. The summed E-state index contributed by atoms with van der Waals surface area (Å²) >= 11 is 0. The monoisotopic (exact) mass is 365 g/mol. The van der Waals surface area contributed by atoms with Gasteiger partial charge in [0.15, 0.2) is 0 Å². The zero-order valence-electron chi connectivity index (χ0n) is 15.8. The quantitative estimate of drug-likeness (QED) is 0.705. The van der Waals surface area contributed by atoms with Crippen LogP contribution in [0.4, 0.5) is 0 Å². The Morgan fingerprint density at radius 1 is 1.26 bits per heavy atom. The van der Waals surface area contributed by atoms with Gasteiger partial charge in [-0.1, -0.05) is 49.3 Å². The summed E-state index contributed by atoms with van der Waals surface area (Å²) in [7, 11) is 0. The van der Waals surface area contributed by atoms with Crippen LogP contribution in [0.2, 0.25) is 0 Å². The fraction of sp³-hybridized carbons (Fsp3) is 0.381. The van der Waals surface area contributed by atoms with Crippen molar-refractivity contribution in [1.29, 1.82) is 0 Å². The minimum atomic E-state index is -0.116. The normalized spacial score (nSPS) is 17.6. The lowest BCUT2D eigenvalue weighted by Gasteiger charge is -2.33. The van der Waals surface area contributed by atoms with Gasteiger partial charge in [-0.15, -0.1) is 0 Å². The topological polar surface area (TPSA) is 68.5 Å². The van der Waals surface area contributed by atoms with Crippen molar-refractivity contribution in [2.45, 2.75) is 32.8 Å². The lowest BCUT2D eigenvalue weighted by Crippen LogP contribution is -2.42. The Morgan fingerprint density at radius 3 is 2.78 bits per heavy atom. The molecule has 3 heterocycles. The summed E-state index contributed by atoms with van der Waals surface area (Å²) < 4.78 is 11.3. The molecule has 6 heteroatoms. The third-order valence-electron chi connectivity index (χ3n) is 4.98. The van der Waals surface area contributed by atoms with Gasteiger partial charge in [-0.05, 0) is 24.5 Å². The molecular formula is C21H23N3O3. The third kappa shape index (κ3) is 3.32. The number of fused-ring (bicyclic) bond motifs is 1. The van der Waals surface area contributed by atoms with Gasteiger partial charge in [0.2, 0.25) is 0 Å². The number of morpholine rings is 1. The first-order valence-electron chi connectivity index (χ1n) is 9.27. The predicted molar refractivity (Wildman–Crippen MR) is 102 cm³/mol. The predicted octanol–water partition coefficient (Wildman–Crippen LogP) is 3.87. The van der Waals surface area contributed by atoms with Crippen LogP contribution in [0.15, 0.2) is 40.9 Å². The molecule has 1 aliphatic heterocycles. The average Bonchev–Trinajstić information content (AvgIpc) is 3.08. The number of aryl methyl sites for hydroxylation is 1. The summed E-state index contributed by atoms with van der Waals surface area (Å²) in [4.78, 5) is 19.8. The number of aromatic nitrogens is 2. The molecule has 0 radical (unpaired) electrons. The van der Waals surface area contributed by atoms with Crippen LogP contribution in [-0.4, -0.2) is 40.6 Å². The first kappa shape index (κ1) is 17.7. The van der Waals surface area contributed by atoms with E-state index in [-0.39, 0.29) is 17.9 Å². The Bertz CT molecular complexity index is 965. The van der Waals surface area contributed by atoms with Crippen LogP contribution < -0.4 is 0 Å². The summed E-state index contributed by atoms with van der Waals surface area (Å²) in [5.41, 5.74) is 3.63. The van der Waals surface area contributed by atoms with Crippen molar-refractivity contribution in [3.8, 4) is 0 Å². The molecule has 0 spiro atoms. The molecule has 4 rings (SSSR count). The minimum Gasteiger partial charge on any atom is -0.370 e. The number of rotatable bonds is 3. The zero-order valence-corrected chi connectivity index (χ0v) is 15.8. The van der Waals surface area contributed by atoms with Crippen LogP contribution in [-0.2, 0) is 4.74 Å². The molecule has 0 saturated carbocycles. The maximum atomic E-state index is 13.4. The van der Waals surface area contributed by atoms with Crippen molar-refractivity contribution in [3.63, 3.8) is 0 Å². The Kier molecular flexibility index (Phi) is 4.66. The first-order chi connectivity index (χ1) is 13.0. The number of nitrogens with zero attached hydrogens (tertiary/aromatic N) is 3. The molecule has 6 nitrogen and oxygen atoms in total. The number of amides is 1. The average molecular weight is 365 g/mol. The SMILES string of the molecule is Cc1noc2nc(C(C)C)cc(C(=O)N3CCO[C@H](c4ccccc4)C3)c12. The fourth-order valence-electron chi connectivity index (χ4n) is 3.45. The van der Waals surface area contributed by atoms with Crippen LogP contribution in [0.3, 0.4) is 0 Å². The Labute approximate surface area is 158 Å². The van der Waals surface area contributed by atoms with Gasteiger partial charge in [0.1, 0.15) is 6.10 Å². The largest absolute Gasteiger partial charge is 0.370 e. The molecule has 1 aliphatic rings. The minimum absolute atomic E-state index is 0.0279. The summed E-state index contributed by atoms with van der Waals surface area (Å²) in [6, 6.07) is 11.9. The van der Waals surface area contributed by atoms with E-state index in [4.69, 9.17) is 9.26 Å². The lowest BCUT2D eigenvalue weighted by atomic mass is 10.0. The molecule has 0 N–H and O–H groups in total. The van der Waals surface area contributed by atoms with Crippen molar-refractivity contribution < 1.29 is 14.1 Å². The molecule has 0 aliphatic carbocycles. The Hall–Kier alpha value is -2.73. The van der Waals surface area contributed by atoms with E-state index < -0.39 is 0 Å². The van der Waals surface area contributed by atoms with Gasteiger partial charge in [-0.3, -0.25) is 4.79 Å². The molecule has 0 bridgehead atoms. The van der Waals surface area contributed by atoms with Gasteiger partial charge in [-0.2, -0.15) is 0 Å². The number of carbonyl (C=O) groups excluding carboxylic acids is 1. The molecule has 1 aromatic carbocycles. The van der Waals surface area contributed by atoms with Crippen LogP contribution in [0.5, 0.6) is 0 Å². The highest BCUT2D eigenvalue weighted by molar-refractivity contribution is 6.06. The highest BCUT2D eigenvalue weighted by Crippen LogP contribution is 2.28. The van der Waals surface area contributed by atoms with Crippen molar-refractivity contribution in [2.24, 2.45) is 0 Å². The number of hydrogen-bond donors (Lipinski definition) is 0. The van der Waals surface area contributed by atoms with Crippen molar-refractivity contribution >= 4 is 17.0 Å². The smallest absolute Gasteiger partial charge is 0.259 e. The van der Waals surface area contributed by atoms with E-state index in [0.717, 1.165) is 11.3 Å². The second kappa shape index (κ2) is 7.12. The molecule has 1 saturated heterocycles. The highest BCUT2D eigenvalue weighted by Gasteiger charge is 2.29. The Balaban J connectivity index is 1.69. The molecular weight excluding hydrogens is 342 g/mol. The highest BCUT2D eigenvalue weighted by atomic mass is 16.5. The summed E-state index contributed by atoms with van der Waals surface area (Å²) in [5, 5.41) is 4.72. The molecule has 0 unspecified atom stereocenters. The number of carbonyl (C=O) groups is 1. The second-order valence-electron chi connectivity index (χ2n) is 7.22. The van der Waals surface area contributed by atoms with E-state index in [2.05, 4.69) is 10.1 Å². The first-order valence-corrected chi connectivity index (χ1v) is 9.27. The number of benzene rings is 1. The zero-order chi connectivity index (χ0) is 19.0. The number of ether oxygens (including phenoxy) is 1. The van der Waals surface area contributed by atoms with Gasteiger partial charge in [0.05, 0.1) is 29.8 Å². The van der Waals surface area contributed by atoms with E-state index in [1.54, 1.807) is 0 Å². The third-order valence-corrected chi connectivity index (χ3v) is 4.98. The maximum Gasteiger partial charge on any atom is 0.259 e. The van der Waals surface area contributed by atoms with Gasteiger partial charge in [-0.25, -0.2) is 4.98 Å². The van der Waals surface area contributed by atoms with Gasteiger partial charge >= 0.3 is 0 Å². The molecule has 140 valence electrons. The Morgan fingerprint density at radius 2 is 2.04 bits per heavy atom. The van der Waals surface area contributed by atoms with E-state index in [0.29, 0.717) is 42.1 Å². The van der Waals surface area contributed by atoms with E-state index in [1.165, 1.54) is 0 Å². The molecule has 3 aromatic rings. The van der Waals surface area contributed by atoms with E-state index in [9.17, 15) is 4.79 Å². The van der Waals surface area contributed by atoms with Crippen molar-refractivity contribution in [3.05, 3.63) is 58.9 Å². The van der Waals surface area contributed by atoms with Crippen molar-refractivity contribution in [2.75, 3.05) is 19.7 Å².